The van der Waals surface area contributed by atoms with E-state index in [2.05, 4.69) is 31.0 Å². The lowest BCUT2D eigenvalue weighted by atomic mass is 9.85. The minimum absolute atomic E-state index is 0.404. The third kappa shape index (κ3) is 4.44. The zero-order valence-corrected chi connectivity index (χ0v) is 13.2. The molecule has 2 fully saturated rings. The summed E-state index contributed by atoms with van der Waals surface area (Å²) in [6.07, 6.45) is 5.70. The van der Waals surface area contributed by atoms with Gasteiger partial charge in [0.25, 0.3) is 0 Å². The molecule has 1 saturated carbocycles. The third-order valence-corrected chi connectivity index (χ3v) is 5.13. The highest BCUT2D eigenvalue weighted by Gasteiger charge is 2.32. The highest BCUT2D eigenvalue weighted by Crippen LogP contribution is 2.28. The first kappa shape index (κ1) is 15.3. The standard InChI is InChI=1S/C16H32N2O/c1-5-16(3,11-17-14-6-7-14)12-18-9-8-13(2)15(10-18)19-4/h13-15,17H,5-12H2,1-4H3. The number of hydrogen-bond acceptors (Lipinski definition) is 3. The van der Waals surface area contributed by atoms with E-state index in [1.54, 1.807) is 0 Å². The molecule has 0 aromatic heterocycles. The Labute approximate surface area is 119 Å². The molecule has 0 spiro atoms. The molecular formula is C16H32N2O. The van der Waals surface area contributed by atoms with Gasteiger partial charge in [-0.15, -0.1) is 0 Å². The summed E-state index contributed by atoms with van der Waals surface area (Å²) in [7, 11) is 1.86. The van der Waals surface area contributed by atoms with Crippen LogP contribution in [0.5, 0.6) is 0 Å². The summed E-state index contributed by atoms with van der Waals surface area (Å²) in [5.41, 5.74) is 0.404. The molecule has 1 aliphatic heterocycles. The van der Waals surface area contributed by atoms with Gasteiger partial charge in [-0.2, -0.15) is 0 Å². The van der Waals surface area contributed by atoms with Crippen LogP contribution in [0.15, 0.2) is 0 Å². The molecule has 19 heavy (non-hydrogen) atoms. The fourth-order valence-electron chi connectivity index (χ4n) is 3.06. The molecule has 112 valence electrons. The summed E-state index contributed by atoms with van der Waals surface area (Å²) in [5.74, 6) is 0.707. The van der Waals surface area contributed by atoms with Crippen molar-refractivity contribution in [3.63, 3.8) is 0 Å². The Kier molecular flexibility index (Phi) is 5.27. The van der Waals surface area contributed by atoms with Gasteiger partial charge in [-0.1, -0.05) is 20.8 Å². The van der Waals surface area contributed by atoms with Crippen LogP contribution in [0.2, 0.25) is 0 Å². The van der Waals surface area contributed by atoms with Crippen LogP contribution < -0.4 is 5.32 Å². The van der Waals surface area contributed by atoms with Gasteiger partial charge in [0.1, 0.15) is 0 Å². The summed E-state index contributed by atoms with van der Waals surface area (Å²) in [6, 6.07) is 0.818. The third-order valence-electron chi connectivity index (χ3n) is 5.13. The molecule has 2 rings (SSSR count). The van der Waals surface area contributed by atoms with Crippen molar-refractivity contribution in [2.45, 2.75) is 58.6 Å². The fourth-order valence-corrected chi connectivity index (χ4v) is 3.06. The minimum atomic E-state index is 0.404. The Balaban J connectivity index is 1.82. The van der Waals surface area contributed by atoms with Crippen molar-refractivity contribution in [1.82, 2.24) is 10.2 Å². The summed E-state index contributed by atoms with van der Waals surface area (Å²) in [4.78, 5) is 2.62. The molecule has 1 saturated heterocycles. The van der Waals surface area contributed by atoms with Gasteiger partial charge in [0.05, 0.1) is 6.10 Å². The molecule has 0 bridgehead atoms. The summed E-state index contributed by atoms with van der Waals surface area (Å²) in [6.45, 7) is 11.8. The monoisotopic (exact) mass is 268 g/mol. The second-order valence-electron chi connectivity index (χ2n) is 7.09. The van der Waals surface area contributed by atoms with E-state index in [1.165, 1.54) is 38.8 Å². The van der Waals surface area contributed by atoms with E-state index >= 15 is 0 Å². The lowest BCUT2D eigenvalue weighted by molar-refractivity contribution is -0.0168. The van der Waals surface area contributed by atoms with Crippen LogP contribution in [0.4, 0.5) is 0 Å². The largest absolute Gasteiger partial charge is 0.380 e. The Hall–Kier alpha value is -0.120. The Bertz CT molecular complexity index is 280. The molecule has 2 aliphatic rings. The van der Waals surface area contributed by atoms with Crippen LogP contribution in [0.25, 0.3) is 0 Å². The van der Waals surface area contributed by atoms with Crippen molar-refractivity contribution < 1.29 is 4.74 Å². The van der Waals surface area contributed by atoms with Crippen molar-refractivity contribution in [2.75, 3.05) is 33.3 Å². The summed E-state index contributed by atoms with van der Waals surface area (Å²) >= 11 is 0. The molecule has 0 aromatic carbocycles. The molecule has 3 unspecified atom stereocenters. The highest BCUT2D eigenvalue weighted by atomic mass is 16.5. The molecule has 0 aromatic rings. The zero-order chi connectivity index (χ0) is 13.9. The number of nitrogens with one attached hydrogen (secondary N) is 1. The molecule has 0 amide bonds. The molecule has 3 atom stereocenters. The fraction of sp³-hybridized carbons (Fsp3) is 1.00. The first-order valence-electron chi connectivity index (χ1n) is 8.05. The first-order valence-corrected chi connectivity index (χ1v) is 8.05. The average Bonchev–Trinajstić information content (AvgIpc) is 3.23. The van der Waals surface area contributed by atoms with Gasteiger partial charge in [-0.05, 0) is 43.6 Å². The van der Waals surface area contributed by atoms with Gasteiger partial charge in [0.2, 0.25) is 0 Å². The quantitative estimate of drug-likeness (QED) is 0.768. The summed E-state index contributed by atoms with van der Waals surface area (Å²) < 4.78 is 5.63. The molecule has 0 radical (unpaired) electrons. The topological polar surface area (TPSA) is 24.5 Å². The molecule has 1 heterocycles. The van der Waals surface area contributed by atoms with Gasteiger partial charge < -0.3 is 15.0 Å². The van der Waals surface area contributed by atoms with Gasteiger partial charge in [-0.25, -0.2) is 0 Å². The van der Waals surface area contributed by atoms with Crippen molar-refractivity contribution in [3.8, 4) is 0 Å². The van der Waals surface area contributed by atoms with Gasteiger partial charge in [-0.3, -0.25) is 0 Å². The van der Waals surface area contributed by atoms with E-state index in [1.807, 2.05) is 7.11 Å². The zero-order valence-electron chi connectivity index (χ0n) is 13.2. The van der Waals surface area contributed by atoms with Crippen LogP contribution in [-0.2, 0) is 4.74 Å². The van der Waals surface area contributed by atoms with Crippen molar-refractivity contribution >= 4 is 0 Å². The smallest absolute Gasteiger partial charge is 0.0724 e. The number of hydrogen-bond donors (Lipinski definition) is 1. The minimum Gasteiger partial charge on any atom is -0.380 e. The van der Waals surface area contributed by atoms with Gasteiger partial charge in [0.15, 0.2) is 0 Å². The number of likely N-dealkylation sites (tertiary alicyclic amines) is 1. The average molecular weight is 268 g/mol. The van der Waals surface area contributed by atoms with E-state index < -0.39 is 0 Å². The number of methoxy groups -OCH3 is 1. The van der Waals surface area contributed by atoms with Crippen LogP contribution in [0.1, 0.15) is 46.5 Å². The van der Waals surface area contributed by atoms with Crippen molar-refractivity contribution in [3.05, 3.63) is 0 Å². The number of piperidine rings is 1. The van der Waals surface area contributed by atoms with E-state index in [0.29, 0.717) is 17.4 Å². The SMILES string of the molecule is CCC(C)(CNC1CC1)CN1CCC(C)C(OC)C1. The number of rotatable bonds is 7. The summed E-state index contributed by atoms with van der Waals surface area (Å²) in [5, 5.41) is 3.71. The predicted molar refractivity (Wildman–Crippen MR) is 80.4 cm³/mol. The van der Waals surface area contributed by atoms with Crippen molar-refractivity contribution in [1.29, 1.82) is 0 Å². The van der Waals surface area contributed by atoms with E-state index in [-0.39, 0.29) is 0 Å². The second kappa shape index (κ2) is 6.55. The number of nitrogens with zero attached hydrogens (tertiary/aromatic N) is 1. The Morgan fingerprint density at radius 2 is 2.05 bits per heavy atom. The highest BCUT2D eigenvalue weighted by molar-refractivity contribution is 4.88. The van der Waals surface area contributed by atoms with Gasteiger partial charge >= 0.3 is 0 Å². The van der Waals surface area contributed by atoms with Crippen LogP contribution in [-0.4, -0.2) is 50.3 Å². The maximum Gasteiger partial charge on any atom is 0.0724 e. The van der Waals surface area contributed by atoms with Crippen LogP contribution >= 0.6 is 0 Å². The molecule has 1 aliphatic carbocycles. The molecular weight excluding hydrogens is 236 g/mol. The molecule has 1 N–H and O–H groups in total. The van der Waals surface area contributed by atoms with E-state index in [4.69, 9.17) is 4.74 Å². The Morgan fingerprint density at radius 3 is 2.63 bits per heavy atom. The van der Waals surface area contributed by atoms with Gasteiger partial charge in [0, 0.05) is 32.8 Å². The molecule has 3 heteroatoms. The van der Waals surface area contributed by atoms with Crippen LogP contribution in [0, 0.1) is 11.3 Å². The molecule has 3 nitrogen and oxygen atoms in total. The van der Waals surface area contributed by atoms with Crippen LogP contribution in [0.3, 0.4) is 0 Å². The first-order chi connectivity index (χ1) is 9.06. The Morgan fingerprint density at radius 1 is 1.32 bits per heavy atom. The maximum atomic E-state index is 5.63. The van der Waals surface area contributed by atoms with Crippen molar-refractivity contribution in [2.24, 2.45) is 11.3 Å². The lowest BCUT2D eigenvalue weighted by Gasteiger charge is -2.41. The van der Waals surface area contributed by atoms with E-state index in [9.17, 15) is 0 Å². The predicted octanol–water partition coefficient (Wildman–Crippen LogP) is 2.51. The van der Waals surface area contributed by atoms with E-state index in [0.717, 1.165) is 19.1 Å². The lowest BCUT2D eigenvalue weighted by Crippen LogP contribution is -2.49. The maximum absolute atomic E-state index is 5.63. The second-order valence-corrected chi connectivity index (χ2v) is 7.09. The number of ether oxygens (including phenoxy) is 1. The normalized spacial score (nSPS) is 32.2.